The lowest BCUT2D eigenvalue weighted by atomic mass is 9.92. The van der Waals surface area contributed by atoms with Gasteiger partial charge >= 0.3 is 0 Å². The highest BCUT2D eigenvalue weighted by Gasteiger charge is 2.24. The molecule has 1 aliphatic heterocycles. The predicted octanol–water partition coefficient (Wildman–Crippen LogP) is 3.11. The fourth-order valence-electron chi connectivity index (χ4n) is 3.03. The summed E-state index contributed by atoms with van der Waals surface area (Å²) in [5, 5.41) is 6.49. The summed E-state index contributed by atoms with van der Waals surface area (Å²) in [6.07, 6.45) is 2.85. The smallest absolute Gasteiger partial charge is 0.223 e. The molecule has 1 unspecified atom stereocenters. The Hall–Kier alpha value is -1.26. The summed E-state index contributed by atoms with van der Waals surface area (Å²) < 4.78 is 5.18. The Morgan fingerprint density at radius 3 is 2.70 bits per heavy atom. The highest BCUT2D eigenvalue weighted by Crippen LogP contribution is 2.21. The molecule has 0 spiro atoms. The molecule has 1 fully saturated rings. The van der Waals surface area contributed by atoms with Crippen molar-refractivity contribution < 1.29 is 9.53 Å². The third-order valence-corrected chi connectivity index (χ3v) is 4.56. The maximum atomic E-state index is 12.2. The molecule has 1 saturated heterocycles. The Morgan fingerprint density at radius 2 is 2.09 bits per heavy atom. The molecule has 1 aromatic rings. The first kappa shape index (κ1) is 19.8. The molecule has 2 N–H and O–H groups in total. The first-order chi connectivity index (χ1) is 10.6. The molecule has 0 aromatic heterocycles. The molecule has 4 nitrogen and oxygen atoms in total. The van der Waals surface area contributed by atoms with Crippen LogP contribution in [0, 0.1) is 5.92 Å². The Morgan fingerprint density at radius 1 is 1.39 bits per heavy atom. The van der Waals surface area contributed by atoms with E-state index in [0.717, 1.165) is 38.1 Å². The quantitative estimate of drug-likeness (QED) is 0.836. The number of methoxy groups -OCH3 is 1. The first-order valence-corrected chi connectivity index (χ1v) is 8.25. The van der Waals surface area contributed by atoms with Crippen LogP contribution >= 0.6 is 12.4 Å². The van der Waals surface area contributed by atoms with Gasteiger partial charge in [-0.15, -0.1) is 12.4 Å². The van der Waals surface area contributed by atoms with Crippen molar-refractivity contribution in [2.45, 2.75) is 45.1 Å². The zero-order valence-corrected chi connectivity index (χ0v) is 15.1. The van der Waals surface area contributed by atoms with Gasteiger partial charge in [-0.05, 0) is 56.3 Å². The van der Waals surface area contributed by atoms with Gasteiger partial charge < -0.3 is 15.4 Å². The number of halogens is 1. The lowest BCUT2D eigenvalue weighted by Crippen LogP contribution is -2.42. The fourth-order valence-corrected chi connectivity index (χ4v) is 3.03. The fraction of sp³-hybridized carbons (Fsp3) is 0.611. The Balaban J connectivity index is 0.00000264. The molecule has 5 heteroatoms. The van der Waals surface area contributed by atoms with E-state index in [4.69, 9.17) is 4.74 Å². The van der Waals surface area contributed by atoms with Crippen molar-refractivity contribution in [1.82, 2.24) is 10.6 Å². The summed E-state index contributed by atoms with van der Waals surface area (Å²) in [7, 11) is 1.68. The summed E-state index contributed by atoms with van der Waals surface area (Å²) in [6, 6.07) is 8.61. The van der Waals surface area contributed by atoms with Crippen LogP contribution in [0.5, 0.6) is 5.75 Å². The summed E-state index contributed by atoms with van der Waals surface area (Å²) in [5.41, 5.74) is 1.28. The molecule has 23 heavy (non-hydrogen) atoms. The van der Waals surface area contributed by atoms with Gasteiger partial charge in [0.05, 0.1) is 7.11 Å². The van der Waals surface area contributed by atoms with Gasteiger partial charge in [0, 0.05) is 18.5 Å². The molecule has 1 aliphatic rings. The number of piperidine rings is 1. The lowest BCUT2D eigenvalue weighted by molar-refractivity contribution is -0.126. The monoisotopic (exact) mass is 340 g/mol. The standard InChI is InChI=1S/C18H28N2O2.ClH/c1-13(15-4-6-17(22-3)7-5-15)8-10-20-18(21)16-9-11-19-14(2)12-16;/h4-7,13-14,16,19H,8-12H2,1-3H3,(H,20,21);1H/t13?,14-,16-;/m0./s1. The summed E-state index contributed by atoms with van der Waals surface area (Å²) in [5.74, 6) is 1.70. The van der Waals surface area contributed by atoms with E-state index in [1.807, 2.05) is 12.1 Å². The van der Waals surface area contributed by atoms with Crippen LogP contribution in [0.4, 0.5) is 0 Å². The summed E-state index contributed by atoms with van der Waals surface area (Å²) in [4.78, 5) is 12.2. The largest absolute Gasteiger partial charge is 0.497 e. The number of amides is 1. The van der Waals surface area contributed by atoms with Crippen LogP contribution in [0.2, 0.25) is 0 Å². The zero-order valence-electron chi connectivity index (χ0n) is 14.3. The van der Waals surface area contributed by atoms with Crippen molar-refractivity contribution in [1.29, 1.82) is 0 Å². The number of rotatable bonds is 6. The molecule has 2 rings (SSSR count). The molecule has 3 atom stereocenters. The number of hydrogen-bond acceptors (Lipinski definition) is 3. The Bertz CT molecular complexity index is 478. The molecule has 0 aliphatic carbocycles. The van der Waals surface area contributed by atoms with Gasteiger partial charge in [0.25, 0.3) is 0 Å². The van der Waals surface area contributed by atoms with Crippen LogP contribution in [0.15, 0.2) is 24.3 Å². The van der Waals surface area contributed by atoms with Crippen LogP contribution in [0.3, 0.4) is 0 Å². The average molecular weight is 341 g/mol. The second-order valence-corrected chi connectivity index (χ2v) is 6.33. The van der Waals surface area contributed by atoms with E-state index in [9.17, 15) is 4.79 Å². The van der Waals surface area contributed by atoms with Crippen molar-refractivity contribution in [3.05, 3.63) is 29.8 Å². The summed E-state index contributed by atoms with van der Waals surface area (Å²) >= 11 is 0. The van der Waals surface area contributed by atoms with Gasteiger partial charge in [0.15, 0.2) is 0 Å². The van der Waals surface area contributed by atoms with E-state index in [2.05, 4.69) is 36.6 Å². The third-order valence-electron chi connectivity index (χ3n) is 4.56. The number of ether oxygens (including phenoxy) is 1. The SMILES string of the molecule is COc1ccc(C(C)CCNC(=O)[C@H]2CCN[C@@H](C)C2)cc1.Cl. The Kier molecular flexibility index (Phi) is 8.42. The maximum absolute atomic E-state index is 12.2. The van der Waals surface area contributed by atoms with Gasteiger partial charge in [0.2, 0.25) is 5.91 Å². The minimum Gasteiger partial charge on any atom is -0.497 e. The molecule has 0 radical (unpaired) electrons. The average Bonchev–Trinajstić information content (AvgIpc) is 2.54. The van der Waals surface area contributed by atoms with E-state index in [0.29, 0.717) is 12.0 Å². The molecule has 0 bridgehead atoms. The number of hydrogen-bond donors (Lipinski definition) is 2. The van der Waals surface area contributed by atoms with Crippen LogP contribution in [0.1, 0.15) is 44.6 Å². The van der Waals surface area contributed by atoms with E-state index >= 15 is 0 Å². The number of carbonyl (C=O) groups excluding carboxylic acids is 1. The van der Waals surface area contributed by atoms with Crippen molar-refractivity contribution in [3.8, 4) is 5.75 Å². The topological polar surface area (TPSA) is 50.4 Å². The first-order valence-electron chi connectivity index (χ1n) is 8.25. The van der Waals surface area contributed by atoms with Gasteiger partial charge in [-0.1, -0.05) is 19.1 Å². The molecule has 0 saturated carbocycles. The predicted molar refractivity (Wildman–Crippen MR) is 96.5 cm³/mol. The zero-order chi connectivity index (χ0) is 15.9. The molecule has 1 aromatic carbocycles. The van der Waals surface area contributed by atoms with Gasteiger partial charge in [0.1, 0.15) is 5.75 Å². The molecular formula is C18H29ClN2O2. The number of benzene rings is 1. The van der Waals surface area contributed by atoms with Gasteiger partial charge in [-0.25, -0.2) is 0 Å². The second kappa shape index (κ2) is 9.78. The third kappa shape index (κ3) is 6.04. The lowest BCUT2D eigenvalue weighted by Gasteiger charge is -2.27. The van der Waals surface area contributed by atoms with Crippen LogP contribution in [-0.2, 0) is 4.79 Å². The minimum atomic E-state index is 0. The molecule has 1 heterocycles. The number of nitrogens with one attached hydrogen (secondary N) is 2. The number of carbonyl (C=O) groups is 1. The highest BCUT2D eigenvalue weighted by atomic mass is 35.5. The van der Waals surface area contributed by atoms with Gasteiger partial charge in [-0.2, -0.15) is 0 Å². The van der Waals surface area contributed by atoms with Crippen LogP contribution in [-0.4, -0.2) is 32.1 Å². The van der Waals surface area contributed by atoms with Crippen LogP contribution < -0.4 is 15.4 Å². The van der Waals surface area contributed by atoms with Crippen molar-refractivity contribution in [2.75, 3.05) is 20.2 Å². The van der Waals surface area contributed by atoms with E-state index in [-0.39, 0.29) is 24.2 Å². The van der Waals surface area contributed by atoms with Gasteiger partial charge in [-0.3, -0.25) is 4.79 Å². The molecular weight excluding hydrogens is 312 g/mol. The van der Waals surface area contributed by atoms with Crippen molar-refractivity contribution in [2.24, 2.45) is 5.92 Å². The van der Waals surface area contributed by atoms with E-state index in [1.165, 1.54) is 5.56 Å². The van der Waals surface area contributed by atoms with Crippen LogP contribution in [0.25, 0.3) is 0 Å². The van der Waals surface area contributed by atoms with E-state index in [1.54, 1.807) is 7.11 Å². The minimum absolute atomic E-state index is 0. The van der Waals surface area contributed by atoms with E-state index < -0.39 is 0 Å². The molecule has 1 amide bonds. The summed E-state index contributed by atoms with van der Waals surface area (Å²) in [6.45, 7) is 6.03. The second-order valence-electron chi connectivity index (χ2n) is 6.33. The highest BCUT2D eigenvalue weighted by molar-refractivity contribution is 5.85. The van der Waals surface area contributed by atoms with Crippen molar-refractivity contribution in [3.63, 3.8) is 0 Å². The maximum Gasteiger partial charge on any atom is 0.223 e. The normalized spacial score (nSPS) is 21.9. The molecule has 130 valence electrons. The Labute approximate surface area is 145 Å². The van der Waals surface area contributed by atoms with Crippen molar-refractivity contribution >= 4 is 18.3 Å².